The standard InChI is InChI=1S/C31H29N5O4/c1-18-17-32-27(33-18)29(38)35-22-14-15-23-24(16-22)36-28(37)25(23)26(19-8-6-5-7-9-19)34-21-12-10-20(11-13-21)30(39)40-31(2,3)4/h5-17,36-37H,1-4H3,(H,32,33)(H,35,38). The van der Waals surface area contributed by atoms with Crippen molar-refractivity contribution in [1.29, 1.82) is 0 Å². The zero-order valence-electron chi connectivity index (χ0n) is 22.6. The Hall–Kier alpha value is -5.18. The van der Waals surface area contributed by atoms with Crippen LogP contribution in [0.5, 0.6) is 5.88 Å². The van der Waals surface area contributed by atoms with Gasteiger partial charge in [-0.25, -0.2) is 14.8 Å². The molecule has 2 aromatic heterocycles. The van der Waals surface area contributed by atoms with E-state index >= 15 is 0 Å². The summed E-state index contributed by atoms with van der Waals surface area (Å²) in [6.45, 7) is 7.28. The monoisotopic (exact) mass is 535 g/mol. The average molecular weight is 536 g/mol. The number of benzene rings is 3. The van der Waals surface area contributed by atoms with Crippen molar-refractivity contribution in [3.63, 3.8) is 0 Å². The molecule has 4 N–H and O–H groups in total. The largest absolute Gasteiger partial charge is 0.494 e. The first-order chi connectivity index (χ1) is 19.1. The smallest absolute Gasteiger partial charge is 0.338 e. The third kappa shape index (κ3) is 5.78. The van der Waals surface area contributed by atoms with E-state index in [0.29, 0.717) is 33.7 Å². The predicted octanol–water partition coefficient (Wildman–Crippen LogP) is 6.28. The SMILES string of the molecule is Cc1cnc(C(=O)Nc2ccc3c(C(=Nc4ccc(C(=O)OC(C)(C)C)cc4)c4ccccc4)c(O)[nH]c3c2)[nH]1. The number of nitrogens with zero attached hydrogens (tertiary/aromatic N) is 2. The number of aliphatic imine (C=N–C) groups is 1. The lowest BCUT2D eigenvalue weighted by molar-refractivity contribution is 0.00694. The van der Waals surface area contributed by atoms with Crippen molar-refractivity contribution in [3.05, 3.63) is 107 Å². The number of ether oxygens (including phenoxy) is 1. The number of nitrogens with one attached hydrogen (secondary N) is 3. The number of imidazole rings is 1. The third-order valence-corrected chi connectivity index (χ3v) is 5.98. The number of carbonyl (C=O) groups excluding carboxylic acids is 2. The van der Waals surface area contributed by atoms with Gasteiger partial charge in [-0.15, -0.1) is 0 Å². The summed E-state index contributed by atoms with van der Waals surface area (Å²) in [6, 6.07) is 21.6. The lowest BCUT2D eigenvalue weighted by Crippen LogP contribution is -2.23. The second-order valence-corrected chi connectivity index (χ2v) is 10.4. The van der Waals surface area contributed by atoms with Crippen LogP contribution in [0.2, 0.25) is 0 Å². The molecule has 0 bridgehead atoms. The molecule has 1 amide bonds. The van der Waals surface area contributed by atoms with Crippen LogP contribution < -0.4 is 5.32 Å². The van der Waals surface area contributed by atoms with Gasteiger partial charge in [0.05, 0.1) is 28.0 Å². The highest BCUT2D eigenvalue weighted by molar-refractivity contribution is 6.22. The van der Waals surface area contributed by atoms with E-state index in [4.69, 9.17) is 9.73 Å². The molecule has 0 aliphatic heterocycles. The van der Waals surface area contributed by atoms with Gasteiger partial charge in [0.2, 0.25) is 0 Å². The molecular formula is C31H29N5O4. The molecule has 5 aromatic rings. The van der Waals surface area contributed by atoms with Gasteiger partial charge in [-0.3, -0.25) is 4.79 Å². The van der Waals surface area contributed by atoms with Crippen LogP contribution in [0.15, 0.2) is 84.0 Å². The zero-order valence-corrected chi connectivity index (χ0v) is 22.6. The summed E-state index contributed by atoms with van der Waals surface area (Å²) < 4.78 is 5.45. The molecule has 202 valence electrons. The van der Waals surface area contributed by atoms with E-state index < -0.39 is 11.6 Å². The maximum absolute atomic E-state index is 12.6. The molecule has 9 heteroatoms. The van der Waals surface area contributed by atoms with E-state index in [2.05, 4.69) is 20.3 Å². The number of anilines is 1. The van der Waals surface area contributed by atoms with Gasteiger partial charge < -0.3 is 25.1 Å². The highest BCUT2D eigenvalue weighted by Crippen LogP contribution is 2.33. The molecule has 0 saturated heterocycles. The number of hydrogen-bond donors (Lipinski definition) is 4. The molecule has 0 unspecified atom stereocenters. The number of aryl methyl sites for hydroxylation is 1. The molecule has 0 aliphatic carbocycles. The molecule has 0 spiro atoms. The predicted molar refractivity (Wildman–Crippen MR) is 155 cm³/mol. The van der Waals surface area contributed by atoms with E-state index in [-0.39, 0.29) is 17.6 Å². The minimum atomic E-state index is -0.595. The summed E-state index contributed by atoms with van der Waals surface area (Å²) >= 11 is 0. The number of hydrogen-bond acceptors (Lipinski definition) is 6. The van der Waals surface area contributed by atoms with Gasteiger partial charge >= 0.3 is 5.97 Å². The molecule has 2 heterocycles. The van der Waals surface area contributed by atoms with E-state index in [9.17, 15) is 14.7 Å². The lowest BCUT2D eigenvalue weighted by Gasteiger charge is -2.19. The highest BCUT2D eigenvalue weighted by Gasteiger charge is 2.21. The molecule has 3 aromatic carbocycles. The van der Waals surface area contributed by atoms with Gasteiger partial charge in [-0.05, 0) is 70.2 Å². The van der Waals surface area contributed by atoms with Crippen molar-refractivity contribution in [1.82, 2.24) is 15.0 Å². The molecule has 40 heavy (non-hydrogen) atoms. The van der Waals surface area contributed by atoms with Gasteiger partial charge in [0.25, 0.3) is 5.91 Å². The van der Waals surface area contributed by atoms with Crippen LogP contribution in [0.1, 0.15) is 58.6 Å². The summed E-state index contributed by atoms with van der Waals surface area (Å²) in [5.41, 5.74) is 4.20. The van der Waals surface area contributed by atoms with E-state index in [1.165, 1.54) is 0 Å². The van der Waals surface area contributed by atoms with Crippen LogP contribution >= 0.6 is 0 Å². The quantitative estimate of drug-likeness (QED) is 0.150. The lowest BCUT2D eigenvalue weighted by atomic mass is 10.0. The number of carbonyl (C=O) groups is 2. The van der Waals surface area contributed by atoms with Crippen LogP contribution in [0.25, 0.3) is 10.9 Å². The van der Waals surface area contributed by atoms with Gasteiger partial charge in [-0.1, -0.05) is 30.3 Å². The van der Waals surface area contributed by atoms with Crippen molar-refractivity contribution >= 4 is 39.9 Å². The van der Waals surface area contributed by atoms with E-state index in [1.807, 2.05) is 64.1 Å². The molecule has 5 rings (SSSR count). The molecule has 0 atom stereocenters. The molecular weight excluding hydrogens is 506 g/mol. The van der Waals surface area contributed by atoms with E-state index in [0.717, 1.165) is 16.6 Å². The summed E-state index contributed by atoms with van der Waals surface area (Å²) in [5, 5.41) is 14.6. The maximum Gasteiger partial charge on any atom is 0.338 e. The average Bonchev–Trinajstić information content (AvgIpc) is 3.49. The van der Waals surface area contributed by atoms with Crippen LogP contribution in [0, 0.1) is 6.92 Å². The third-order valence-electron chi connectivity index (χ3n) is 5.98. The number of aromatic nitrogens is 3. The van der Waals surface area contributed by atoms with Crippen LogP contribution in [0.3, 0.4) is 0 Å². The molecule has 0 aliphatic rings. The topological polar surface area (TPSA) is 132 Å². The summed E-state index contributed by atoms with van der Waals surface area (Å²) in [5.74, 6) is -0.632. The normalized spacial score (nSPS) is 11.9. The van der Waals surface area contributed by atoms with Gasteiger partial charge in [0.15, 0.2) is 11.7 Å². The Morgan fingerprint density at radius 3 is 2.33 bits per heavy atom. The second-order valence-electron chi connectivity index (χ2n) is 10.4. The van der Waals surface area contributed by atoms with E-state index in [1.54, 1.807) is 42.6 Å². The van der Waals surface area contributed by atoms with Crippen LogP contribution in [-0.4, -0.2) is 43.2 Å². The minimum Gasteiger partial charge on any atom is -0.494 e. The second kappa shape index (κ2) is 10.5. The number of H-pyrrole nitrogens is 2. The van der Waals surface area contributed by atoms with Crippen molar-refractivity contribution in [2.45, 2.75) is 33.3 Å². The summed E-state index contributed by atoms with van der Waals surface area (Å²) in [7, 11) is 0. The van der Waals surface area contributed by atoms with Crippen LogP contribution in [0.4, 0.5) is 11.4 Å². The fourth-order valence-corrected chi connectivity index (χ4v) is 4.22. The number of aromatic amines is 2. The Morgan fingerprint density at radius 1 is 0.950 bits per heavy atom. The van der Waals surface area contributed by atoms with Crippen molar-refractivity contribution < 1.29 is 19.4 Å². The number of esters is 1. The Labute approximate surface area is 231 Å². The van der Waals surface area contributed by atoms with Crippen LogP contribution in [-0.2, 0) is 4.74 Å². The number of aromatic hydroxyl groups is 1. The molecule has 9 nitrogen and oxygen atoms in total. The van der Waals surface area contributed by atoms with Crippen molar-refractivity contribution in [2.75, 3.05) is 5.32 Å². The molecule has 0 saturated carbocycles. The Bertz CT molecular complexity index is 1730. The fourth-order valence-electron chi connectivity index (χ4n) is 4.22. The highest BCUT2D eigenvalue weighted by atomic mass is 16.6. The Kier molecular flexibility index (Phi) is 6.96. The Balaban J connectivity index is 1.51. The van der Waals surface area contributed by atoms with Gasteiger partial charge in [0, 0.05) is 28.5 Å². The number of amides is 1. The first-order valence-corrected chi connectivity index (χ1v) is 12.7. The fraction of sp³-hybridized carbons (Fsp3) is 0.161. The molecule has 0 radical (unpaired) electrons. The zero-order chi connectivity index (χ0) is 28.4. The van der Waals surface area contributed by atoms with Gasteiger partial charge in [0.1, 0.15) is 5.60 Å². The maximum atomic E-state index is 12.6. The van der Waals surface area contributed by atoms with Gasteiger partial charge in [-0.2, -0.15) is 0 Å². The number of fused-ring (bicyclic) bond motifs is 1. The first kappa shape index (κ1) is 26.4. The van der Waals surface area contributed by atoms with Crippen molar-refractivity contribution in [3.8, 4) is 5.88 Å². The van der Waals surface area contributed by atoms with Crippen molar-refractivity contribution in [2.24, 2.45) is 4.99 Å². The minimum absolute atomic E-state index is 0.0619. The molecule has 0 fully saturated rings. The summed E-state index contributed by atoms with van der Waals surface area (Å²) in [4.78, 5) is 39.8. The Morgan fingerprint density at radius 2 is 1.68 bits per heavy atom. The summed E-state index contributed by atoms with van der Waals surface area (Å²) in [6.07, 6.45) is 1.59. The number of rotatable bonds is 6. The first-order valence-electron chi connectivity index (χ1n) is 12.7.